The number of rotatable bonds is 6. The quantitative estimate of drug-likeness (QED) is 0.811. The maximum absolute atomic E-state index is 11.9. The molecule has 0 radical (unpaired) electrons. The Morgan fingerprint density at radius 2 is 2.33 bits per heavy atom. The molecule has 0 atom stereocenters. The van der Waals surface area contributed by atoms with Gasteiger partial charge in [0.05, 0.1) is 17.7 Å². The van der Waals surface area contributed by atoms with Gasteiger partial charge in [-0.05, 0) is 18.8 Å². The Morgan fingerprint density at radius 1 is 1.56 bits per heavy atom. The molecule has 1 aliphatic rings. The summed E-state index contributed by atoms with van der Waals surface area (Å²) < 4.78 is 0. The van der Waals surface area contributed by atoms with Gasteiger partial charge in [-0.25, -0.2) is 9.78 Å². The summed E-state index contributed by atoms with van der Waals surface area (Å²) in [5.74, 6) is -0.520. The van der Waals surface area contributed by atoms with E-state index in [-0.39, 0.29) is 12.6 Å². The molecule has 6 nitrogen and oxygen atoms in total. The van der Waals surface area contributed by atoms with Crippen molar-refractivity contribution in [3.8, 4) is 0 Å². The van der Waals surface area contributed by atoms with Crippen LogP contribution in [0.25, 0.3) is 0 Å². The van der Waals surface area contributed by atoms with Gasteiger partial charge in [0.2, 0.25) is 0 Å². The molecule has 1 heterocycles. The predicted octanol–water partition coefficient (Wildman–Crippen LogP) is 1.15. The van der Waals surface area contributed by atoms with Crippen molar-refractivity contribution in [2.75, 3.05) is 13.1 Å². The number of aliphatic carboxylic acids is 1. The van der Waals surface area contributed by atoms with E-state index in [1.807, 2.05) is 5.38 Å². The Labute approximate surface area is 109 Å². The lowest BCUT2D eigenvalue weighted by Crippen LogP contribution is -2.43. The molecule has 0 bridgehead atoms. The first-order chi connectivity index (χ1) is 8.65. The van der Waals surface area contributed by atoms with Crippen LogP contribution in [0, 0.1) is 5.92 Å². The van der Waals surface area contributed by atoms with Crippen LogP contribution in [0.2, 0.25) is 0 Å². The Balaban J connectivity index is 1.83. The molecule has 2 N–H and O–H groups in total. The third-order valence-electron chi connectivity index (χ3n) is 2.69. The minimum atomic E-state index is -0.987. The van der Waals surface area contributed by atoms with Crippen molar-refractivity contribution in [3.63, 3.8) is 0 Å². The summed E-state index contributed by atoms with van der Waals surface area (Å²) in [6.45, 7) is 0.609. The first kappa shape index (κ1) is 12.8. The highest BCUT2D eigenvalue weighted by molar-refractivity contribution is 7.07. The summed E-state index contributed by atoms with van der Waals surface area (Å²) in [6.07, 6.45) is 2.16. The summed E-state index contributed by atoms with van der Waals surface area (Å²) in [4.78, 5) is 28.0. The average Bonchev–Trinajstić information content (AvgIpc) is 2.98. The van der Waals surface area contributed by atoms with Crippen LogP contribution < -0.4 is 5.32 Å². The van der Waals surface area contributed by atoms with Crippen LogP contribution in [0.1, 0.15) is 18.5 Å². The van der Waals surface area contributed by atoms with Gasteiger partial charge in [-0.3, -0.25) is 4.79 Å². The molecular formula is C11H15N3O3S. The van der Waals surface area contributed by atoms with Gasteiger partial charge in [0.15, 0.2) is 0 Å². The fraction of sp³-hybridized carbons (Fsp3) is 0.545. The number of hydrogen-bond donors (Lipinski definition) is 2. The van der Waals surface area contributed by atoms with Crippen LogP contribution in [-0.4, -0.2) is 40.1 Å². The monoisotopic (exact) mass is 269 g/mol. The third-order valence-corrected chi connectivity index (χ3v) is 3.33. The van der Waals surface area contributed by atoms with Crippen LogP contribution in [0.4, 0.5) is 4.79 Å². The zero-order valence-corrected chi connectivity index (χ0v) is 10.7. The molecule has 0 unspecified atom stereocenters. The molecule has 1 fully saturated rings. The van der Waals surface area contributed by atoms with Crippen molar-refractivity contribution in [3.05, 3.63) is 16.6 Å². The van der Waals surface area contributed by atoms with E-state index in [9.17, 15) is 9.59 Å². The molecule has 1 aromatic heterocycles. The zero-order chi connectivity index (χ0) is 13.0. The number of thiazole rings is 1. The topological polar surface area (TPSA) is 82.5 Å². The Bertz CT molecular complexity index is 417. The summed E-state index contributed by atoms with van der Waals surface area (Å²) in [5.41, 5.74) is 2.48. The predicted molar refractivity (Wildman–Crippen MR) is 66.3 cm³/mol. The van der Waals surface area contributed by atoms with Crippen molar-refractivity contribution in [1.82, 2.24) is 15.2 Å². The van der Waals surface area contributed by atoms with E-state index in [4.69, 9.17) is 5.11 Å². The fourth-order valence-electron chi connectivity index (χ4n) is 1.60. The number of carboxylic acid groups (broad SMARTS) is 1. The largest absolute Gasteiger partial charge is 0.480 e. The molecule has 1 aromatic rings. The highest BCUT2D eigenvalue weighted by Gasteiger charge is 2.27. The lowest BCUT2D eigenvalue weighted by atomic mass is 10.3. The number of urea groups is 1. The van der Waals surface area contributed by atoms with E-state index < -0.39 is 5.97 Å². The number of nitrogens with zero attached hydrogens (tertiary/aromatic N) is 2. The standard InChI is InChI=1S/C11H15N3O3S/c15-10(16)5-14(4-8-1-2-8)11(17)12-3-9-6-18-7-13-9/h6-8H,1-5H2,(H,12,17)(H,15,16). The number of carbonyl (C=O) groups is 2. The molecule has 1 aliphatic carbocycles. The molecule has 0 aromatic carbocycles. The SMILES string of the molecule is O=C(O)CN(CC1CC1)C(=O)NCc1cscn1. The first-order valence-corrected chi connectivity index (χ1v) is 6.71. The summed E-state index contributed by atoms with van der Waals surface area (Å²) in [5, 5.41) is 13.3. The van der Waals surface area contributed by atoms with Gasteiger partial charge >= 0.3 is 12.0 Å². The maximum Gasteiger partial charge on any atom is 0.323 e. The van der Waals surface area contributed by atoms with E-state index in [1.165, 1.54) is 16.2 Å². The maximum atomic E-state index is 11.9. The number of aromatic nitrogens is 1. The van der Waals surface area contributed by atoms with Crippen LogP contribution in [-0.2, 0) is 11.3 Å². The molecular weight excluding hydrogens is 254 g/mol. The molecule has 2 amide bonds. The molecule has 0 spiro atoms. The summed E-state index contributed by atoms with van der Waals surface area (Å²) in [6, 6.07) is -0.336. The fourth-order valence-corrected chi connectivity index (χ4v) is 2.16. The number of hydrogen-bond acceptors (Lipinski definition) is 4. The Morgan fingerprint density at radius 3 is 2.89 bits per heavy atom. The van der Waals surface area contributed by atoms with E-state index >= 15 is 0 Å². The molecule has 0 saturated heterocycles. The highest BCUT2D eigenvalue weighted by atomic mass is 32.1. The molecule has 2 rings (SSSR count). The summed E-state index contributed by atoms with van der Waals surface area (Å²) in [7, 11) is 0. The molecule has 0 aliphatic heterocycles. The van der Waals surface area contributed by atoms with Gasteiger partial charge in [-0.15, -0.1) is 11.3 Å². The van der Waals surface area contributed by atoms with Gasteiger partial charge in [0.25, 0.3) is 0 Å². The van der Waals surface area contributed by atoms with Crippen LogP contribution in [0.15, 0.2) is 10.9 Å². The molecule has 98 valence electrons. The Kier molecular flexibility index (Phi) is 4.14. The van der Waals surface area contributed by atoms with Gasteiger partial charge in [-0.1, -0.05) is 0 Å². The second-order valence-electron chi connectivity index (χ2n) is 4.36. The van der Waals surface area contributed by atoms with Crippen molar-refractivity contribution >= 4 is 23.3 Å². The van der Waals surface area contributed by atoms with Crippen molar-refractivity contribution < 1.29 is 14.7 Å². The first-order valence-electron chi connectivity index (χ1n) is 5.77. The number of carboxylic acids is 1. The molecule has 7 heteroatoms. The highest BCUT2D eigenvalue weighted by Crippen LogP contribution is 2.29. The smallest absolute Gasteiger partial charge is 0.323 e. The van der Waals surface area contributed by atoms with Crippen LogP contribution >= 0.6 is 11.3 Å². The number of carbonyl (C=O) groups excluding carboxylic acids is 1. The van der Waals surface area contributed by atoms with Crippen molar-refractivity contribution in [2.24, 2.45) is 5.92 Å². The van der Waals surface area contributed by atoms with E-state index in [0.29, 0.717) is 19.0 Å². The lowest BCUT2D eigenvalue weighted by molar-refractivity contribution is -0.137. The Hall–Kier alpha value is -1.63. The number of amides is 2. The zero-order valence-electron chi connectivity index (χ0n) is 9.83. The van der Waals surface area contributed by atoms with Gasteiger partial charge in [0.1, 0.15) is 6.54 Å². The van der Waals surface area contributed by atoms with E-state index in [1.54, 1.807) is 5.51 Å². The van der Waals surface area contributed by atoms with Gasteiger partial charge in [-0.2, -0.15) is 0 Å². The average molecular weight is 269 g/mol. The number of nitrogens with one attached hydrogen (secondary N) is 1. The third kappa shape index (κ3) is 3.99. The van der Waals surface area contributed by atoms with E-state index in [0.717, 1.165) is 18.5 Å². The minimum absolute atomic E-state index is 0.251. The summed E-state index contributed by atoms with van der Waals surface area (Å²) >= 11 is 1.46. The van der Waals surface area contributed by atoms with Crippen molar-refractivity contribution in [2.45, 2.75) is 19.4 Å². The van der Waals surface area contributed by atoms with Gasteiger partial charge in [0, 0.05) is 11.9 Å². The molecule has 18 heavy (non-hydrogen) atoms. The second kappa shape index (κ2) is 5.81. The van der Waals surface area contributed by atoms with Crippen molar-refractivity contribution in [1.29, 1.82) is 0 Å². The van der Waals surface area contributed by atoms with Gasteiger partial charge < -0.3 is 15.3 Å². The van der Waals surface area contributed by atoms with E-state index in [2.05, 4.69) is 10.3 Å². The molecule has 1 saturated carbocycles. The normalized spacial score (nSPS) is 14.2. The second-order valence-corrected chi connectivity index (χ2v) is 5.07. The lowest BCUT2D eigenvalue weighted by Gasteiger charge is -2.20. The minimum Gasteiger partial charge on any atom is -0.480 e. The van der Waals surface area contributed by atoms with Crippen LogP contribution in [0.5, 0.6) is 0 Å². The van der Waals surface area contributed by atoms with Crippen LogP contribution in [0.3, 0.4) is 0 Å².